The van der Waals surface area contributed by atoms with Crippen LogP contribution in [0.25, 0.3) is 0 Å². The number of aromatic nitrogens is 1. The number of anilines is 1. The predicted molar refractivity (Wildman–Crippen MR) is 104 cm³/mol. The van der Waals surface area contributed by atoms with Gasteiger partial charge in [0.05, 0.1) is 7.11 Å². The molecule has 1 amide bonds. The van der Waals surface area contributed by atoms with Crippen LogP contribution in [0, 0.1) is 0 Å². The topological polar surface area (TPSA) is 63.2 Å². The molecule has 0 bridgehead atoms. The zero-order chi connectivity index (χ0) is 18.2. The highest BCUT2D eigenvalue weighted by atomic mass is 16.5. The molecule has 0 spiro atoms. The molecule has 1 fully saturated rings. The lowest BCUT2D eigenvalue weighted by atomic mass is 9.95. The summed E-state index contributed by atoms with van der Waals surface area (Å²) in [5, 5.41) is 6.48. The van der Waals surface area contributed by atoms with Gasteiger partial charge in [-0.25, -0.2) is 0 Å². The fraction of sp³-hybridized carbons (Fsp3) is 0.429. The summed E-state index contributed by atoms with van der Waals surface area (Å²) in [6, 6.07) is 12.2. The van der Waals surface area contributed by atoms with Crippen LogP contribution in [-0.4, -0.2) is 30.6 Å². The number of nitrogens with zero attached hydrogens (tertiary/aromatic N) is 1. The van der Waals surface area contributed by atoms with Crippen LogP contribution in [0.5, 0.6) is 5.75 Å². The number of benzene rings is 1. The number of hydrogen-bond acceptors (Lipinski definition) is 4. The van der Waals surface area contributed by atoms with Crippen molar-refractivity contribution in [2.75, 3.05) is 19.0 Å². The van der Waals surface area contributed by atoms with Crippen molar-refractivity contribution in [3.8, 4) is 5.75 Å². The number of hydrogen-bond donors (Lipinski definition) is 2. The second-order valence-corrected chi connectivity index (χ2v) is 6.77. The Morgan fingerprint density at radius 1 is 1.19 bits per heavy atom. The van der Waals surface area contributed by atoms with Gasteiger partial charge in [0, 0.05) is 24.5 Å². The van der Waals surface area contributed by atoms with E-state index in [1.54, 1.807) is 13.3 Å². The van der Waals surface area contributed by atoms with E-state index in [0.717, 1.165) is 23.4 Å². The van der Waals surface area contributed by atoms with Gasteiger partial charge in [0.15, 0.2) is 0 Å². The molecule has 1 heterocycles. The van der Waals surface area contributed by atoms with Crippen LogP contribution in [0.1, 0.15) is 48.2 Å². The molecule has 0 unspecified atom stereocenters. The number of ether oxygens (including phenoxy) is 1. The lowest BCUT2D eigenvalue weighted by Gasteiger charge is -2.23. The summed E-state index contributed by atoms with van der Waals surface area (Å²) in [5.74, 6) is 0.692. The Kier molecular flexibility index (Phi) is 6.47. The highest BCUT2D eigenvalue weighted by Gasteiger charge is 2.14. The lowest BCUT2D eigenvalue weighted by Crippen LogP contribution is -2.27. The molecule has 1 aliphatic rings. The van der Waals surface area contributed by atoms with Gasteiger partial charge in [0.1, 0.15) is 11.4 Å². The maximum absolute atomic E-state index is 12.4. The molecule has 138 valence electrons. The second kappa shape index (κ2) is 9.22. The van der Waals surface area contributed by atoms with Gasteiger partial charge >= 0.3 is 0 Å². The van der Waals surface area contributed by atoms with Crippen LogP contribution in [-0.2, 0) is 6.42 Å². The summed E-state index contributed by atoms with van der Waals surface area (Å²) in [5.41, 5.74) is 2.56. The lowest BCUT2D eigenvalue weighted by molar-refractivity contribution is 0.0949. The fourth-order valence-electron chi connectivity index (χ4n) is 3.37. The highest BCUT2D eigenvalue weighted by molar-refractivity contribution is 5.93. The first kappa shape index (κ1) is 18.2. The van der Waals surface area contributed by atoms with Crippen LogP contribution >= 0.6 is 0 Å². The molecule has 1 aromatic carbocycles. The van der Waals surface area contributed by atoms with Crippen molar-refractivity contribution in [1.82, 2.24) is 10.3 Å². The number of methoxy groups -OCH3 is 1. The minimum atomic E-state index is -0.139. The number of rotatable bonds is 7. The van der Waals surface area contributed by atoms with Gasteiger partial charge in [-0.05, 0) is 49.1 Å². The summed E-state index contributed by atoms with van der Waals surface area (Å²) in [6.07, 6.45) is 8.73. The molecule has 2 N–H and O–H groups in total. The molecule has 1 saturated carbocycles. The molecule has 0 radical (unpaired) electrons. The number of carbonyl (C=O) groups is 1. The summed E-state index contributed by atoms with van der Waals surface area (Å²) < 4.78 is 5.22. The molecule has 0 saturated heterocycles. The van der Waals surface area contributed by atoms with E-state index >= 15 is 0 Å². The summed E-state index contributed by atoms with van der Waals surface area (Å²) in [6.45, 7) is 0.563. The van der Waals surface area contributed by atoms with Crippen molar-refractivity contribution in [3.63, 3.8) is 0 Å². The van der Waals surface area contributed by atoms with Gasteiger partial charge in [-0.3, -0.25) is 9.78 Å². The Morgan fingerprint density at radius 2 is 2.04 bits per heavy atom. The Morgan fingerprint density at radius 3 is 2.85 bits per heavy atom. The number of pyridine rings is 1. The van der Waals surface area contributed by atoms with E-state index < -0.39 is 0 Å². The molecule has 26 heavy (non-hydrogen) atoms. The van der Waals surface area contributed by atoms with E-state index in [9.17, 15) is 4.79 Å². The van der Waals surface area contributed by atoms with E-state index in [2.05, 4.69) is 15.6 Å². The Hall–Kier alpha value is -2.56. The smallest absolute Gasteiger partial charge is 0.269 e. The summed E-state index contributed by atoms with van der Waals surface area (Å²) in [7, 11) is 1.65. The van der Waals surface area contributed by atoms with Crippen molar-refractivity contribution in [1.29, 1.82) is 0 Å². The van der Waals surface area contributed by atoms with E-state index in [0.29, 0.717) is 18.3 Å². The van der Waals surface area contributed by atoms with E-state index in [-0.39, 0.29) is 5.91 Å². The molecule has 1 aromatic heterocycles. The van der Waals surface area contributed by atoms with Crippen LogP contribution in [0.2, 0.25) is 0 Å². The van der Waals surface area contributed by atoms with Crippen LogP contribution in [0.15, 0.2) is 42.6 Å². The first-order chi connectivity index (χ1) is 12.7. The van der Waals surface area contributed by atoms with Gasteiger partial charge in [-0.1, -0.05) is 31.4 Å². The van der Waals surface area contributed by atoms with Gasteiger partial charge < -0.3 is 15.4 Å². The molecular weight excluding hydrogens is 326 g/mol. The molecule has 1 aliphatic carbocycles. The van der Waals surface area contributed by atoms with Crippen molar-refractivity contribution < 1.29 is 9.53 Å². The van der Waals surface area contributed by atoms with Crippen molar-refractivity contribution >= 4 is 11.6 Å². The fourth-order valence-corrected chi connectivity index (χ4v) is 3.37. The first-order valence-electron chi connectivity index (χ1n) is 9.38. The van der Waals surface area contributed by atoms with Crippen molar-refractivity contribution in [2.45, 2.75) is 44.6 Å². The van der Waals surface area contributed by atoms with Crippen LogP contribution < -0.4 is 15.4 Å². The quantitative estimate of drug-likeness (QED) is 0.794. The van der Waals surface area contributed by atoms with Crippen molar-refractivity contribution in [2.24, 2.45) is 0 Å². The molecule has 5 heteroatoms. The van der Waals surface area contributed by atoms with Gasteiger partial charge in [-0.2, -0.15) is 0 Å². The predicted octanol–water partition coefficient (Wildman–Crippen LogP) is 3.81. The van der Waals surface area contributed by atoms with Gasteiger partial charge in [-0.15, -0.1) is 0 Å². The SMILES string of the molecule is COc1cccc(CCNC(=O)c2cc(NC3CCCCC3)ccn2)c1. The van der Waals surface area contributed by atoms with Gasteiger partial charge in [0.25, 0.3) is 5.91 Å². The third-order valence-corrected chi connectivity index (χ3v) is 4.80. The van der Waals surface area contributed by atoms with Crippen molar-refractivity contribution in [3.05, 3.63) is 53.9 Å². The maximum Gasteiger partial charge on any atom is 0.269 e. The number of nitrogens with one attached hydrogen (secondary N) is 2. The third-order valence-electron chi connectivity index (χ3n) is 4.80. The number of amides is 1. The van der Waals surface area contributed by atoms with Crippen LogP contribution in [0.4, 0.5) is 5.69 Å². The molecule has 3 rings (SSSR count). The Bertz CT molecular complexity index is 727. The minimum Gasteiger partial charge on any atom is -0.497 e. The van der Waals surface area contributed by atoms with E-state index in [1.165, 1.54) is 32.1 Å². The molecule has 0 aliphatic heterocycles. The maximum atomic E-state index is 12.4. The first-order valence-corrected chi connectivity index (χ1v) is 9.38. The molecule has 2 aromatic rings. The Labute approximate surface area is 155 Å². The minimum absolute atomic E-state index is 0.139. The number of carbonyl (C=O) groups excluding carboxylic acids is 1. The summed E-state index contributed by atoms with van der Waals surface area (Å²) >= 11 is 0. The Balaban J connectivity index is 1.51. The molecule has 0 atom stereocenters. The van der Waals surface area contributed by atoms with E-state index in [1.807, 2.05) is 36.4 Å². The largest absolute Gasteiger partial charge is 0.497 e. The second-order valence-electron chi connectivity index (χ2n) is 6.77. The normalized spacial score (nSPS) is 14.7. The molecule has 5 nitrogen and oxygen atoms in total. The van der Waals surface area contributed by atoms with Gasteiger partial charge in [0.2, 0.25) is 0 Å². The zero-order valence-electron chi connectivity index (χ0n) is 15.3. The standard InChI is InChI=1S/C21H27N3O2/c1-26-19-9-5-6-16(14-19)10-12-23-21(25)20-15-18(11-13-22-20)24-17-7-3-2-4-8-17/h5-6,9,11,13-15,17H,2-4,7-8,10,12H2,1H3,(H,22,24)(H,23,25). The van der Waals surface area contributed by atoms with E-state index in [4.69, 9.17) is 4.74 Å². The molecular formula is C21H27N3O2. The zero-order valence-corrected chi connectivity index (χ0v) is 15.3. The third kappa shape index (κ3) is 5.22. The average molecular weight is 353 g/mol. The highest BCUT2D eigenvalue weighted by Crippen LogP contribution is 2.21. The summed E-state index contributed by atoms with van der Waals surface area (Å²) in [4.78, 5) is 16.6. The average Bonchev–Trinajstić information content (AvgIpc) is 2.69. The van der Waals surface area contributed by atoms with Crippen LogP contribution in [0.3, 0.4) is 0 Å². The monoisotopic (exact) mass is 353 g/mol.